The Morgan fingerprint density at radius 3 is 2.59 bits per heavy atom. The van der Waals surface area contributed by atoms with E-state index in [-0.39, 0.29) is 29.3 Å². The second-order valence-electron chi connectivity index (χ2n) is 6.14. The molecule has 2 heterocycles. The Balaban J connectivity index is 1.75. The van der Waals surface area contributed by atoms with E-state index in [1.54, 1.807) is 16.7 Å². The maximum Gasteiger partial charge on any atom is 0.418 e. The number of alkyl halides is 3. The maximum absolute atomic E-state index is 13.2. The number of rotatable bonds is 2. The molecule has 4 rings (SSSR count). The van der Waals surface area contributed by atoms with Gasteiger partial charge in [-0.05, 0) is 24.3 Å². The van der Waals surface area contributed by atoms with Gasteiger partial charge in [0.25, 0.3) is 5.91 Å². The Labute approximate surface area is 151 Å². The fourth-order valence-electron chi connectivity index (χ4n) is 3.22. The molecule has 0 radical (unpaired) electrons. The van der Waals surface area contributed by atoms with Crippen molar-refractivity contribution in [3.8, 4) is 0 Å². The van der Waals surface area contributed by atoms with Crippen LogP contribution in [0.1, 0.15) is 17.8 Å². The van der Waals surface area contributed by atoms with Gasteiger partial charge in [-0.3, -0.25) is 4.79 Å². The Morgan fingerprint density at radius 2 is 1.81 bits per heavy atom. The molecule has 0 bridgehead atoms. The molecule has 1 aliphatic rings. The molecule has 0 atom stereocenters. The first-order valence-corrected chi connectivity index (χ1v) is 8.21. The molecule has 1 aromatic heterocycles. The fourth-order valence-corrected chi connectivity index (χ4v) is 3.22. The minimum atomic E-state index is -4.61. The quantitative estimate of drug-likeness (QED) is 0.701. The van der Waals surface area contributed by atoms with Gasteiger partial charge in [-0.25, -0.2) is 4.98 Å². The average Bonchev–Trinajstić information content (AvgIpc) is 2.99. The molecule has 138 valence electrons. The predicted molar refractivity (Wildman–Crippen MR) is 94.0 cm³/mol. The van der Waals surface area contributed by atoms with Gasteiger partial charge in [0, 0.05) is 13.0 Å². The Hall–Kier alpha value is -3.29. The van der Waals surface area contributed by atoms with Gasteiger partial charge in [0.1, 0.15) is 17.2 Å². The summed E-state index contributed by atoms with van der Waals surface area (Å²) in [5, 5.41) is 12.5. The normalized spacial score (nSPS) is 14.3. The minimum Gasteiger partial charge on any atom is -0.511 e. The lowest BCUT2D eigenvalue weighted by Crippen LogP contribution is -2.23. The molecule has 3 aromatic rings. The first-order valence-electron chi connectivity index (χ1n) is 8.21. The summed E-state index contributed by atoms with van der Waals surface area (Å²) >= 11 is 0. The van der Waals surface area contributed by atoms with Gasteiger partial charge in [0.05, 0.1) is 22.3 Å². The average molecular weight is 373 g/mol. The smallest absolute Gasteiger partial charge is 0.418 e. The zero-order chi connectivity index (χ0) is 19.2. The van der Waals surface area contributed by atoms with Gasteiger partial charge in [-0.1, -0.05) is 24.3 Å². The van der Waals surface area contributed by atoms with Crippen molar-refractivity contribution in [3.05, 3.63) is 65.7 Å². The summed E-state index contributed by atoms with van der Waals surface area (Å²) in [6.07, 6.45) is -4.42. The molecule has 0 fully saturated rings. The topological polar surface area (TPSA) is 67.2 Å². The van der Waals surface area contributed by atoms with Crippen LogP contribution in [0.25, 0.3) is 16.6 Å². The summed E-state index contributed by atoms with van der Waals surface area (Å²) in [5.41, 5.74) is -0.00935. The van der Waals surface area contributed by atoms with Crippen molar-refractivity contribution in [2.24, 2.45) is 0 Å². The number of nitrogens with zero attached hydrogens (tertiary/aromatic N) is 2. The van der Waals surface area contributed by atoms with E-state index in [1.165, 1.54) is 18.2 Å². The van der Waals surface area contributed by atoms with Gasteiger partial charge in [-0.15, -0.1) is 0 Å². The van der Waals surface area contributed by atoms with Crippen LogP contribution in [0.4, 0.5) is 18.9 Å². The van der Waals surface area contributed by atoms with Crippen LogP contribution in [-0.4, -0.2) is 20.6 Å². The maximum atomic E-state index is 13.2. The van der Waals surface area contributed by atoms with E-state index in [9.17, 15) is 23.1 Å². The lowest BCUT2D eigenvalue weighted by molar-refractivity contribution is -0.136. The molecule has 0 aliphatic carbocycles. The number of hydrogen-bond donors (Lipinski definition) is 2. The second-order valence-corrected chi connectivity index (χ2v) is 6.14. The van der Waals surface area contributed by atoms with Crippen molar-refractivity contribution in [1.29, 1.82) is 0 Å². The van der Waals surface area contributed by atoms with E-state index in [0.29, 0.717) is 12.1 Å². The minimum absolute atomic E-state index is 0.116. The van der Waals surface area contributed by atoms with Gasteiger partial charge in [0.15, 0.2) is 0 Å². The van der Waals surface area contributed by atoms with Gasteiger partial charge in [0.2, 0.25) is 0 Å². The molecule has 0 spiro atoms. The molecule has 0 saturated heterocycles. The summed E-state index contributed by atoms with van der Waals surface area (Å²) in [5.74, 6) is -0.790. The number of allylic oxidation sites excluding steroid dienone is 1. The molecule has 0 unspecified atom stereocenters. The third kappa shape index (κ3) is 2.92. The number of carbonyl (C=O) groups is 1. The van der Waals surface area contributed by atoms with Gasteiger partial charge in [-0.2, -0.15) is 13.2 Å². The number of hydrogen-bond acceptors (Lipinski definition) is 3. The number of halogens is 3. The van der Waals surface area contributed by atoms with Gasteiger partial charge < -0.3 is 15.0 Å². The van der Waals surface area contributed by atoms with E-state index >= 15 is 0 Å². The molecule has 1 aliphatic heterocycles. The summed E-state index contributed by atoms with van der Waals surface area (Å²) in [6, 6.07) is 11.9. The van der Waals surface area contributed by atoms with Crippen LogP contribution in [0.3, 0.4) is 0 Å². The molecule has 2 aromatic carbocycles. The van der Waals surface area contributed by atoms with Gasteiger partial charge >= 0.3 is 6.18 Å². The molecule has 0 saturated carbocycles. The molecule has 1 amide bonds. The van der Waals surface area contributed by atoms with E-state index in [0.717, 1.165) is 11.6 Å². The molecular formula is C19H14F3N3O2. The van der Waals surface area contributed by atoms with Crippen LogP contribution < -0.4 is 5.32 Å². The summed E-state index contributed by atoms with van der Waals surface area (Å²) in [7, 11) is 0. The number of fused-ring (bicyclic) bond motifs is 3. The number of nitrogens with one attached hydrogen (secondary N) is 1. The van der Waals surface area contributed by atoms with Crippen molar-refractivity contribution >= 4 is 28.2 Å². The van der Waals surface area contributed by atoms with Crippen LogP contribution in [0.5, 0.6) is 0 Å². The first-order chi connectivity index (χ1) is 12.9. The van der Waals surface area contributed by atoms with Crippen LogP contribution >= 0.6 is 0 Å². The summed E-state index contributed by atoms with van der Waals surface area (Å²) in [6.45, 7) is 0.428. The van der Waals surface area contributed by atoms with Crippen molar-refractivity contribution in [2.45, 2.75) is 19.1 Å². The van der Waals surface area contributed by atoms with Crippen LogP contribution in [-0.2, 0) is 17.5 Å². The number of aromatic nitrogens is 2. The van der Waals surface area contributed by atoms with E-state index in [2.05, 4.69) is 10.3 Å². The van der Waals surface area contributed by atoms with E-state index in [4.69, 9.17) is 0 Å². The highest BCUT2D eigenvalue weighted by atomic mass is 19.4. The van der Waals surface area contributed by atoms with Crippen molar-refractivity contribution in [2.75, 3.05) is 5.32 Å². The number of amides is 1. The second kappa shape index (κ2) is 6.15. The number of imidazole rings is 1. The van der Waals surface area contributed by atoms with Crippen molar-refractivity contribution in [1.82, 2.24) is 9.55 Å². The highest BCUT2D eigenvalue weighted by Gasteiger charge is 2.35. The monoisotopic (exact) mass is 373 g/mol. The largest absolute Gasteiger partial charge is 0.511 e. The third-order valence-electron chi connectivity index (χ3n) is 4.45. The highest BCUT2D eigenvalue weighted by molar-refractivity contribution is 6.25. The van der Waals surface area contributed by atoms with Crippen LogP contribution in [0.2, 0.25) is 0 Å². The SMILES string of the molecule is O=C(Nc1ccccc1C(F)(F)F)C1=C(O)CCn2c1nc1ccccc12. The standard InChI is InChI=1S/C19H14F3N3O2/c20-19(21,22)11-5-1-2-6-12(11)24-18(27)16-15(26)9-10-25-14-8-4-3-7-13(14)23-17(16)25/h1-8,26H,9-10H2,(H,24,27). The zero-order valence-corrected chi connectivity index (χ0v) is 13.9. The molecule has 2 N–H and O–H groups in total. The molecule has 27 heavy (non-hydrogen) atoms. The number of benzene rings is 2. The van der Waals surface area contributed by atoms with Crippen LogP contribution in [0, 0.1) is 0 Å². The molecule has 8 heteroatoms. The highest BCUT2D eigenvalue weighted by Crippen LogP contribution is 2.36. The zero-order valence-electron chi connectivity index (χ0n) is 13.9. The van der Waals surface area contributed by atoms with Crippen LogP contribution in [0.15, 0.2) is 54.3 Å². The lowest BCUT2D eigenvalue weighted by Gasteiger charge is -2.19. The number of carbonyl (C=O) groups excluding carboxylic acids is 1. The summed E-state index contributed by atoms with van der Waals surface area (Å²) in [4.78, 5) is 17.1. The number of aliphatic hydroxyl groups excluding tert-OH is 1. The number of anilines is 1. The summed E-state index contributed by atoms with van der Waals surface area (Å²) < 4.78 is 41.3. The third-order valence-corrected chi connectivity index (χ3v) is 4.45. The number of aryl methyl sites for hydroxylation is 1. The van der Waals surface area contributed by atoms with Crippen molar-refractivity contribution in [3.63, 3.8) is 0 Å². The lowest BCUT2D eigenvalue weighted by atomic mass is 10.1. The van der Waals surface area contributed by atoms with Crippen molar-refractivity contribution < 1.29 is 23.1 Å². The molecular weight excluding hydrogens is 359 g/mol. The number of para-hydroxylation sites is 3. The Bertz CT molecular complexity index is 1080. The van der Waals surface area contributed by atoms with E-state index in [1.807, 2.05) is 12.1 Å². The predicted octanol–water partition coefficient (Wildman–Crippen LogP) is 4.37. The Morgan fingerprint density at radius 1 is 1.11 bits per heavy atom. The fraction of sp³-hybridized carbons (Fsp3) is 0.158. The Kier molecular flexibility index (Phi) is 3.91. The first kappa shape index (κ1) is 17.1. The van der Waals surface area contributed by atoms with E-state index < -0.39 is 17.6 Å². The number of aliphatic hydroxyl groups is 1. The molecule has 5 nitrogen and oxygen atoms in total.